The van der Waals surface area contributed by atoms with E-state index in [2.05, 4.69) is 32.6 Å². The van der Waals surface area contributed by atoms with E-state index in [1.165, 1.54) is 0 Å². The third-order valence-electron chi connectivity index (χ3n) is 4.44. The molecule has 1 aromatic rings. The summed E-state index contributed by atoms with van der Waals surface area (Å²) >= 11 is 0. The Balaban J connectivity index is 2.17. The lowest BCUT2D eigenvalue weighted by Gasteiger charge is -2.52. The van der Waals surface area contributed by atoms with Crippen LogP contribution >= 0.6 is 0 Å². The second-order valence-electron chi connectivity index (χ2n) is 7.49. The number of ketones is 1. The normalized spacial score (nSPS) is 20.8. The molecule has 0 spiro atoms. The number of rotatable bonds is 4. The molecule has 0 bridgehead atoms. The lowest BCUT2D eigenvalue weighted by atomic mass is 9.78. The van der Waals surface area contributed by atoms with Crippen LogP contribution in [-0.4, -0.2) is 32.8 Å². The van der Waals surface area contributed by atoms with E-state index >= 15 is 0 Å². The minimum absolute atomic E-state index is 0.0511. The van der Waals surface area contributed by atoms with Crippen molar-refractivity contribution in [3.05, 3.63) is 35.4 Å². The van der Waals surface area contributed by atoms with Gasteiger partial charge in [0.2, 0.25) is 0 Å². The van der Waals surface area contributed by atoms with E-state index in [1.54, 1.807) is 0 Å². The number of Topliss-reactive ketones (excluding diaryl/α,β-unsaturated/α-hetero) is 1. The highest BCUT2D eigenvalue weighted by atomic mass is 16.4. The first-order valence-electron chi connectivity index (χ1n) is 7.69. The number of likely N-dealkylation sites (tertiary alicyclic amines) is 1. The molecule has 0 unspecified atom stereocenters. The van der Waals surface area contributed by atoms with Crippen LogP contribution in [0.5, 0.6) is 0 Å². The molecule has 1 aliphatic heterocycles. The zero-order valence-corrected chi connectivity index (χ0v) is 13.8. The molecule has 0 aromatic heterocycles. The van der Waals surface area contributed by atoms with Crippen molar-refractivity contribution in [3.8, 4) is 0 Å². The molecule has 0 atom stereocenters. The average molecular weight is 303 g/mol. The third-order valence-corrected chi connectivity index (χ3v) is 4.44. The molecule has 1 aliphatic rings. The molecular formula is C18H25NO3. The Morgan fingerprint density at radius 2 is 1.50 bits per heavy atom. The molecule has 1 fully saturated rings. The summed E-state index contributed by atoms with van der Waals surface area (Å²) in [7, 11) is 0. The Bertz CT molecular complexity index is 552. The maximum Gasteiger partial charge on any atom is 0.307 e. The lowest BCUT2D eigenvalue weighted by molar-refractivity contribution is -0.136. The maximum absolute atomic E-state index is 12.0. The molecule has 1 aromatic carbocycles. The first kappa shape index (κ1) is 16.7. The van der Waals surface area contributed by atoms with Crippen molar-refractivity contribution in [3.63, 3.8) is 0 Å². The number of hydrogen-bond donors (Lipinski definition) is 1. The van der Waals surface area contributed by atoms with Gasteiger partial charge in [-0.25, -0.2) is 0 Å². The van der Waals surface area contributed by atoms with Gasteiger partial charge in [-0.05, 0) is 38.8 Å². The molecule has 120 valence electrons. The lowest BCUT2D eigenvalue weighted by Crippen LogP contribution is -2.60. The van der Waals surface area contributed by atoms with Crippen LogP contribution in [0.4, 0.5) is 0 Å². The Labute approximate surface area is 132 Å². The van der Waals surface area contributed by atoms with Crippen LogP contribution in [0, 0.1) is 0 Å². The van der Waals surface area contributed by atoms with Crippen LogP contribution < -0.4 is 0 Å². The number of carboxylic acid groups (broad SMARTS) is 1. The van der Waals surface area contributed by atoms with E-state index in [-0.39, 0.29) is 17.5 Å². The Hall–Kier alpha value is -1.68. The monoisotopic (exact) mass is 303 g/mol. The molecule has 22 heavy (non-hydrogen) atoms. The summed E-state index contributed by atoms with van der Waals surface area (Å²) in [4.78, 5) is 25.1. The summed E-state index contributed by atoms with van der Waals surface area (Å²) in [6, 6.07) is 7.72. The molecular weight excluding hydrogens is 278 g/mol. The number of carbonyl (C=O) groups is 2. The quantitative estimate of drug-likeness (QED) is 0.929. The van der Waals surface area contributed by atoms with Gasteiger partial charge in [0.1, 0.15) is 5.78 Å². The number of aliphatic carboxylic acids is 1. The second-order valence-corrected chi connectivity index (χ2v) is 7.49. The number of hydrogen-bond acceptors (Lipinski definition) is 3. The number of benzene rings is 1. The predicted octanol–water partition coefficient (Wildman–Crippen LogP) is 3.04. The van der Waals surface area contributed by atoms with Gasteiger partial charge in [0.25, 0.3) is 0 Å². The molecule has 0 radical (unpaired) electrons. The smallest absolute Gasteiger partial charge is 0.307 e. The summed E-state index contributed by atoms with van der Waals surface area (Å²) in [6.07, 6.45) is 1.20. The van der Waals surface area contributed by atoms with Crippen molar-refractivity contribution < 1.29 is 14.7 Å². The Morgan fingerprint density at radius 1 is 1.05 bits per heavy atom. The van der Waals surface area contributed by atoms with Crippen LogP contribution in [0.3, 0.4) is 0 Å². The minimum atomic E-state index is -0.815. The van der Waals surface area contributed by atoms with Crippen LogP contribution in [0.2, 0.25) is 0 Å². The Morgan fingerprint density at radius 3 is 1.95 bits per heavy atom. The number of carbonyl (C=O) groups excluding carboxylic acids is 1. The number of carboxylic acids is 1. The van der Waals surface area contributed by atoms with Gasteiger partial charge in [0.15, 0.2) is 0 Å². The van der Waals surface area contributed by atoms with E-state index < -0.39 is 5.97 Å². The van der Waals surface area contributed by atoms with Gasteiger partial charge in [-0.2, -0.15) is 0 Å². The summed E-state index contributed by atoms with van der Waals surface area (Å²) in [5.74, 6) is -0.493. The van der Waals surface area contributed by atoms with Crippen molar-refractivity contribution in [1.82, 2.24) is 4.90 Å². The van der Waals surface area contributed by atoms with Gasteiger partial charge in [0, 0.05) is 30.5 Å². The standard InChI is InChI=1S/C18H25NO3/c1-17(2)10-15(20)11-18(3,4)19(17)12-14-7-5-13(6-8-14)9-16(21)22/h5-8H,9-12H2,1-4H3,(H,21,22). The van der Waals surface area contributed by atoms with Crippen molar-refractivity contribution >= 4 is 11.8 Å². The minimum Gasteiger partial charge on any atom is -0.481 e. The molecule has 4 nitrogen and oxygen atoms in total. The molecule has 1 N–H and O–H groups in total. The van der Waals surface area contributed by atoms with Crippen molar-refractivity contribution in [2.75, 3.05) is 0 Å². The van der Waals surface area contributed by atoms with Gasteiger partial charge >= 0.3 is 5.97 Å². The number of piperidine rings is 1. The summed E-state index contributed by atoms with van der Waals surface area (Å²) in [6.45, 7) is 9.23. The van der Waals surface area contributed by atoms with Crippen LogP contribution in [0.15, 0.2) is 24.3 Å². The first-order chi connectivity index (χ1) is 10.1. The van der Waals surface area contributed by atoms with E-state index in [4.69, 9.17) is 5.11 Å². The fourth-order valence-corrected chi connectivity index (χ4v) is 3.59. The maximum atomic E-state index is 12.0. The van der Waals surface area contributed by atoms with Crippen LogP contribution in [-0.2, 0) is 22.6 Å². The summed E-state index contributed by atoms with van der Waals surface area (Å²) in [5, 5.41) is 8.82. The van der Waals surface area contributed by atoms with Gasteiger partial charge in [-0.1, -0.05) is 24.3 Å². The average Bonchev–Trinajstić information content (AvgIpc) is 2.33. The number of nitrogens with zero attached hydrogens (tertiary/aromatic N) is 1. The fraction of sp³-hybridized carbons (Fsp3) is 0.556. The van der Waals surface area contributed by atoms with Gasteiger partial charge in [0.05, 0.1) is 6.42 Å². The van der Waals surface area contributed by atoms with E-state index in [9.17, 15) is 9.59 Å². The first-order valence-corrected chi connectivity index (χ1v) is 7.69. The van der Waals surface area contributed by atoms with Gasteiger partial charge in [-0.15, -0.1) is 0 Å². The van der Waals surface area contributed by atoms with Crippen molar-refractivity contribution in [1.29, 1.82) is 0 Å². The summed E-state index contributed by atoms with van der Waals surface area (Å²) < 4.78 is 0. The fourth-order valence-electron chi connectivity index (χ4n) is 3.59. The highest BCUT2D eigenvalue weighted by Crippen LogP contribution is 2.37. The van der Waals surface area contributed by atoms with Crippen molar-refractivity contribution in [2.24, 2.45) is 0 Å². The second kappa shape index (κ2) is 5.84. The van der Waals surface area contributed by atoms with Crippen LogP contribution in [0.1, 0.15) is 51.7 Å². The zero-order valence-electron chi connectivity index (χ0n) is 13.8. The van der Waals surface area contributed by atoms with E-state index in [0.29, 0.717) is 18.6 Å². The molecule has 1 saturated heterocycles. The van der Waals surface area contributed by atoms with Crippen molar-refractivity contribution in [2.45, 2.75) is 64.6 Å². The molecule has 0 aliphatic carbocycles. The zero-order chi connectivity index (χ0) is 16.5. The van der Waals surface area contributed by atoms with E-state index in [0.717, 1.165) is 17.7 Å². The Kier molecular flexibility index (Phi) is 4.43. The summed E-state index contributed by atoms with van der Waals surface area (Å²) in [5.41, 5.74) is 1.62. The highest BCUT2D eigenvalue weighted by Gasteiger charge is 2.44. The van der Waals surface area contributed by atoms with Gasteiger partial charge in [-0.3, -0.25) is 14.5 Å². The van der Waals surface area contributed by atoms with E-state index in [1.807, 2.05) is 24.3 Å². The third kappa shape index (κ3) is 3.74. The predicted molar refractivity (Wildman–Crippen MR) is 85.7 cm³/mol. The molecule has 0 amide bonds. The molecule has 1 heterocycles. The van der Waals surface area contributed by atoms with Gasteiger partial charge < -0.3 is 5.11 Å². The largest absolute Gasteiger partial charge is 0.481 e. The highest BCUT2D eigenvalue weighted by molar-refractivity contribution is 5.81. The topological polar surface area (TPSA) is 57.6 Å². The molecule has 0 saturated carbocycles. The van der Waals surface area contributed by atoms with Crippen LogP contribution in [0.25, 0.3) is 0 Å². The molecule has 4 heteroatoms. The molecule has 2 rings (SSSR count). The SMILES string of the molecule is CC1(C)CC(=O)CC(C)(C)N1Cc1ccc(CC(=O)O)cc1.